The van der Waals surface area contributed by atoms with Crippen molar-refractivity contribution < 1.29 is 5.48 Å². The molecule has 14 heavy (non-hydrogen) atoms. The molecule has 2 N–H and O–H groups in total. The molecule has 0 atom stereocenters. The smallest absolute Gasteiger partial charge is 0.108 e. The summed E-state index contributed by atoms with van der Waals surface area (Å²) in [7, 11) is 0. The molecule has 0 bridgehead atoms. The van der Waals surface area contributed by atoms with Crippen LogP contribution in [-0.4, -0.2) is 0 Å². The molecule has 4 heteroatoms. The van der Waals surface area contributed by atoms with Crippen molar-refractivity contribution in [3.63, 3.8) is 0 Å². The molecule has 0 aliphatic heterocycles. The van der Waals surface area contributed by atoms with Crippen molar-refractivity contribution in [3.8, 4) is 0 Å². The van der Waals surface area contributed by atoms with E-state index in [9.17, 15) is 5.21 Å². The third kappa shape index (κ3) is 2.58. The summed E-state index contributed by atoms with van der Waals surface area (Å²) >= 11 is 9.36. The lowest BCUT2D eigenvalue weighted by molar-refractivity contribution is -0.513. The first-order valence-corrected chi connectivity index (χ1v) is 5.31. The predicted octanol–water partition coefficient (Wildman–Crippen LogP) is 2.71. The van der Waals surface area contributed by atoms with E-state index in [1.54, 1.807) is 0 Å². The first kappa shape index (κ1) is 11.7. The van der Waals surface area contributed by atoms with Crippen LogP contribution in [0.5, 0.6) is 0 Å². The molecule has 0 aliphatic carbocycles. The predicted molar refractivity (Wildman–Crippen MR) is 63.1 cm³/mol. The van der Waals surface area contributed by atoms with Crippen LogP contribution in [0.4, 0.5) is 0 Å². The minimum Gasteiger partial charge on any atom is -0.631 e. The summed E-state index contributed by atoms with van der Waals surface area (Å²) in [5.41, 5.74) is 3.76. The van der Waals surface area contributed by atoms with Gasteiger partial charge in [-0.2, -0.15) is 0 Å². The van der Waals surface area contributed by atoms with Crippen molar-refractivity contribution in [1.82, 2.24) is 0 Å². The Kier molecular flexibility index (Phi) is 4.13. The quantitative estimate of drug-likeness (QED) is 0.829. The Hall–Kier alpha value is -0.350. The number of hydrogen-bond acceptors (Lipinski definition) is 1. The molecule has 0 aromatic heterocycles. The molecule has 1 aromatic carbocycles. The molecular formula is C10H11BrClNO. The van der Waals surface area contributed by atoms with E-state index in [4.69, 9.17) is 11.6 Å². The number of hydrogen-bond donors (Lipinski definition) is 1. The molecule has 0 radical (unpaired) electrons. The Morgan fingerprint density at radius 3 is 2.71 bits per heavy atom. The number of nitrogens with two attached hydrogens (primary N) is 1. The number of benzene rings is 1. The first-order valence-electron chi connectivity index (χ1n) is 4.14. The van der Waals surface area contributed by atoms with Crippen molar-refractivity contribution in [3.05, 3.63) is 45.3 Å². The van der Waals surface area contributed by atoms with Gasteiger partial charge in [-0.25, -0.2) is 0 Å². The highest BCUT2D eigenvalue weighted by atomic mass is 79.9. The maximum atomic E-state index is 10.3. The van der Waals surface area contributed by atoms with Crippen LogP contribution in [0.25, 0.3) is 4.48 Å². The molecule has 0 amide bonds. The lowest BCUT2D eigenvalue weighted by Crippen LogP contribution is -2.70. The Morgan fingerprint density at radius 2 is 2.14 bits per heavy atom. The van der Waals surface area contributed by atoms with Gasteiger partial charge in [0.1, 0.15) is 6.20 Å². The van der Waals surface area contributed by atoms with Crippen molar-refractivity contribution >= 4 is 32.0 Å². The van der Waals surface area contributed by atoms with Gasteiger partial charge < -0.3 is 10.7 Å². The van der Waals surface area contributed by atoms with Crippen molar-refractivity contribution in [2.24, 2.45) is 0 Å². The average Bonchev–Trinajstić information content (AvgIpc) is 2.11. The molecular weight excluding hydrogens is 265 g/mol. The minimum absolute atomic E-state index is 0.719. The zero-order valence-electron chi connectivity index (χ0n) is 7.97. The maximum absolute atomic E-state index is 10.3. The fourth-order valence-corrected chi connectivity index (χ4v) is 2.01. The molecule has 1 aromatic rings. The van der Waals surface area contributed by atoms with Crippen LogP contribution in [0.15, 0.2) is 18.3 Å². The van der Waals surface area contributed by atoms with Gasteiger partial charge in [0.2, 0.25) is 0 Å². The van der Waals surface area contributed by atoms with Crippen LogP contribution in [0, 0.1) is 19.1 Å². The van der Waals surface area contributed by atoms with Crippen LogP contribution in [-0.2, 0) is 0 Å². The number of aryl methyl sites for hydroxylation is 1. The maximum Gasteiger partial charge on any atom is 0.108 e. The summed E-state index contributed by atoms with van der Waals surface area (Å²) in [4.78, 5) is 0. The second kappa shape index (κ2) is 4.94. The first-order chi connectivity index (χ1) is 6.56. The highest BCUT2D eigenvalue weighted by Gasteiger charge is 2.07. The van der Waals surface area contributed by atoms with Crippen molar-refractivity contribution in [2.75, 3.05) is 0 Å². The normalized spacial score (nSPS) is 11.9. The van der Waals surface area contributed by atoms with E-state index in [2.05, 4.69) is 15.9 Å². The van der Waals surface area contributed by atoms with E-state index in [1.165, 1.54) is 6.20 Å². The van der Waals surface area contributed by atoms with Crippen LogP contribution >= 0.6 is 27.5 Å². The number of halogens is 2. The van der Waals surface area contributed by atoms with Crippen LogP contribution < -0.4 is 5.48 Å². The Balaban J connectivity index is 3.27. The van der Waals surface area contributed by atoms with Gasteiger partial charge in [-0.15, -0.1) is 0 Å². The molecule has 0 unspecified atom stereocenters. The summed E-state index contributed by atoms with van der Waals surface area (Å²) in [5, 5.41) is 11.0. The minimum atomic E-state index is 0.719. The molecule has 0 saturated carbocycles. The highest BCUT2D eigenvalue weighted by Crippen LogP contribution is 2.29. The van der Waals surface area contributed by atoms with E-state index in [1.807, 2.05) is 26.0 Å². The van der Waals surface area contributed by atoms with E-state index < -0.39 is 0 Å². The third-order valence-electron chi connectivity index (χ3n) is 1.96. The number of quaternary nitrogens is 1. The summed E-state index contributed by atoms with van der Waals surface area (Å²) in [5.74, 6) is 0. The zero-order chi connectivity index (χ0) is 10.7. The Bertz CT molecular complexity index is 377. The fourth-order valence-electron chi connectivity index (χ4n) is 1.21. The van der Waals surface area contributed by atoms with Crippen molar-refractivity contribution in [1.29, 1.82) is 0 Å². The molecule has 0 spiro atoms. The molecule has 0 aliphatic rings. The lowest BCUT2D eigenvalue weighted by atomic mass is 10.1. The Labute approximate surface area is 96.7 Å². The van der Waals surface area contributed by atoms with Crippen molar-refractivity contribution in [2.45, 2.75) is 13.8 Å². The monoisotopic (exact) mass is 275 g/mol. The lowest BCUT2D eigenvalue weighted by Gasteiger charge is -2.08. The topological polar surface area (TPSA) is 39.7 Å². The second-order valence-electron chi connectivity index (χ2n) is 3.07. The average molecular weight is 277 g/mol. The summed E-state index contributed by atoms with van der Waals surface area (Å²) in [6, 6.07) is 3.90. The third-order valence-corrected chi connectivity index (χ3v) is 3.04. The van der Waals surface area contributed by atoms with E-state index >= 15 is 0 Å². The molecule has 76 valence electrons. The van der Waals surface area contributed by atoms with Gasteiger partial charge in [0, 0.05) is 5.02 Å². The molecule has 0 saturated heterocycles. The second-order valence-corrected chi connectivity index (χ2v) is 4.33. The molecule has 1 rings (SSSR count). The summed E-state index contributed by atoms with van der Waals surface area (Å²) in [6.07, 6.45) is 1.47. The van der Waals surface area contributed by atoms with Gasteiger partial charge in [0.15, 0.2) is 0 Å². The van der Waals surface area contributed by atoms with Crippen LogP contribution in [0.3, 0.4) is 0 Å². The van der Waals surface area contributed by atoms with Crippen LogP contribution in [0.1, 0.15) is 16.7 Å². The summed E-state index contributed by atoms with van der Waals surface area (Å²) < 4.78 is 0.760. The number of hydroxylamine groups is 1. The standard InChI is InChI=1S/C10H11BrClNO/c1-6-3-8(9(11)5-13-14)7(2)10(12)4-6/h3-5H,13H2,1-2H3/b9-5+. The van der Waals surface area contributed by atoms with Crippen LogP contribution in [0.2, 0.25) is 5.02 Å². The summed E-state index contributed by atoms with van der Waals surface area (Å²) in [6.45, 7) is 3.90. The van der Waals surface area contributed by atoms with E-state index in [-0.39, 0.29) is 0 Å². The molecule has 0 fully saturated rings. The van der Waals surface area contributed by atoms with Gasteiger partial charge in [-0.1, -0.05) is 17.7 Å². The van der Waals surface area contributed by atoms with Gasteiger partial charge in [0.25, 0.3) is 0 Å². The van der Waals surface area contributed by atoms with Gasteiger partial charge in [0.05, 0.1) is 4.48 Å². The number of rotatable bonds is 2. The van der Waals surface area contributed by atoms with Gasteiger partial charge in [-0.3, -0.25) is 0 Å². The molecule has 2 nitrogen and oxygen atoms in total. The zero-order valence-corrected chi connectivity index (χ0v) is 10.3. The molecule has 0 heterocycles. The Morgan fingerprint density at radius 1 is 1.50 bits per heavy atom. The fraction of sp³-hybridized carbons (Fsp3) is 0.200. The largest absolute Gasteiger partial charge is 0.631 e. The van der Waals surface area contributed by atoms with Gasteiger partial charge >= 0.3 is 0 Å². The van der Waals surface area contributed by atoms with E-state index in [0.717, 1.165) is 31.7 Å². The highest BCUT2D eigenvalue weighted by molar-refractivity contribution is 9.15. The SMILES string of the molecule is Cc1cc(Cl)c(C)c(/C(Br)=C\[NH2+][O-])c1. The van der Waals surface area contributed by atoms with E-state index in [0.29, 0.717) is 0 Å². The van der Waals surface area contributed by atoms with Gasteiger partial charge in [-0.05, 0) is 52.5 Å².